The summed E-state index contributed by atoms with van der Waals surface area (Å²) in [6.45, 7) is 0. The summed E-state index contributed by atoms with van der Waals surface area (Å²) in [6, 6.07) is 9.86. The third-order valence-corrected chi connectivity index (χ3v) is 3.19. The Kier molecular flexibility index (Phi) is 4.90. The number of benzene rings is 1. The zero-order valence-electron chi connectivity index (χ0n) is 10.8. The number of aromatic nitrogens is 1. The molecule has 0 saturated carbocycles. The molecule has 0 aliphatic heterocycles. The average molecular weight is 288 g/mol. The van der Waals surface area contributed by atoms with E-state index < -0.39 is 0 Å². The van der Waals surface area contributed by atoms with Gasteiger partial charge in [0.2, 0.25) is 5.91 Å². The first-order chi connectivity index (χ1) is 9.69. The summed E-state index contributed by atoms with van der Waals surface area (Å²) in [5.41, 5.74) is 0.976. The highest BCUT2D eigenvalue weighted by Gasteiger charge is 2.00. The maximum Gasteiger partial charge on any atom is 0.248 e. The van der Waals surface area contributed by atoms with Crippen LogP contribution in [0.4, 0.5) is 10.1 Å². The van der Waals surface area contributed by atoms with Crippen molar-refractivity contribution in [3.63, 3.8) is 0 Å². The van der Waals surface area contributed by atoms with Gasteiger partial charge < -0.3 is 5.32 Å². The number of thioether (sulfide) groups is 1. The van der Waals surface area contributed by atoms with Gasteiger partial charge in [0.1, 0.15) is 5.82 Å². The summed E-state index contributed by atoms with van der Waals surface area (Å²) in [5.74, 6) is -0.686. The van der Waals surface area contributed by atoms with Crippen molar-refractivity contribution in [2.75, 3.05) is 11.6 Å². The van der Waals surface area contributed by atoms with Gasteiger partial charge in [-0.15, -0.1) is 11.8 Å². The van der Waals surface area contributed by atoms with Gasteiger partial charge in [-0.1, -0.05) is 18.2 Å². The van der Waals surface area contributed by atoms with Crippen LogP contribution in [0.3, 0.4) is 0 Å². The van der Waals surface area contributed by atoms with Gasteiger partial charge in [0, 0.05) is 11.6 Å². The van der Waals surface area contributed by atoms with Gasteiger partial charge in [-0.2, -0.15) is 0 Å². The van der Waals surface area contributed by atoms with Crippen LogP contribution in [-0.2, 0) is 4.79 Å². The molecule has 1 amide bonds. The molecule has 0 aliphatic rings. The van der Waals surface area contributed by atoms with E-state index in [-0.39, 0.29) is 11.7 Å². The number of carbonyl (C=O) groups is 1. The third-order valence-electron chi connectivity index (χ3n) is 2.53. The van der Waals surface area contributed by atoms with Gasteiger partial charge in [0.05, 0.1) is 16.9 Å². The molecule has 2 rings (SSSR count). The SMILES string of the molecule is CSc1ccc(NC(=O)/C=C/c2ccccc2F)cn1. The molecule has 102 valence electrons. The van der Waals surface area contributed by atoms with Crippen LogP contribution in [-0.4, -0.2) is 17.1 Å². The van der Waals surface area contributed by atoms with Crippen LogP contribution in [0.2, 0.25) is 0 Å². The molecule has 1 heterocycles. The molecule has 0 bridgehead atoms. The maximum absolute atomic E-state index is 13.4. The van der Waals surface area contributed by atoms with Crippen molar-refractivity contribution in [1.29, 1.82) is 0 Å². The highest BCUT2D eigenvalue weighted by Crippen LogP contribution is 2.14. The fourth-order valence-corrected chi connectivity index (χ4v) is 1.90. The minimum Gasteiger partial charge on any atom is -0.321 e. The van der Waals surface area contributed by atoms with Crippen LogP contribution in [0.5, 0.6) is 0 Å². The van der Waals surface area contributed by atoms with Gasteiger partial charge in [-0.25, -0.2) is 9.37 Å². The second-order valence-electron chi connectivity index (χ2n) is 3.93. The lowest BCUT2D eigenvalue weighted by atomic mass is 10.2. The maximum atomic E-state index is 13.4. The Morgan fingerprint density at radius 3 is 2.75 bits per heavy atom. The predicted molar refractivity (Wildman–Crippen MR) is 80.1 cm³/mol. The minimum absolute atomic E-state index is 0.327. The first-order valence-electron chi connectivity index (χ1n) is 5.92. The number of pyridine rings is 1. The first kappa shape index (κ1) is 14.3. The second kappa shape index (κ2) is 6.86. The van der Waals surface area contributed by atoms with E-state index in [9.17, 15) is 9.18 Å². The Morgan fingerprint density at radius 2 is 2.10 bits per heavy atom. The van der Waals surface area contributed by atoms with Crippen molar-refractivity contribution in [2.45, 2.75) is 5.03 Å². The number of halogens is 1. The summed E-state index contributed by atoms with van der Waals surface area (Å²) in [5, 5.41) is 3.54. The van der Waals surface area contributed by atoms with Crippen LogP contribution >= 0.6 is 11.8 Å². The monoisotopic (exact) mass is 288 g/mol. The van der Waals surface area contributed by atoms with E-state index in [1.807, 2.05) is 12.3 Å². The lowest BCUT2D eigenvalue weighted by molar-refractivity contribution is -0.111. The molecule has 5 heteroatoms. The average Bonchev–Trinajstić information content (AvgIpc) is 2.47. The number of amides is 1. The molecule has 0 saturated heterocycles. The fourth-order valence-electron chi connectivity index (χ4n) is 1.53. The summed E-state index contributed by atoms with van der Waals surface area (Å²) in [6.07, 6.45) is 6.24. The number of nitrogens with one attached hydrogen (secondary N) is 1. The molecule has 20 heavy (non-hydrogen) atoms. The Balaban J connectivity index is 2.00. The van der Waals surface area contributed by atoms with E-state index in [2.05, 4.69) is 10.3 Å². The zero-order chi connectivity index (χ0) is 14.4. The Hall–Kier alpha value is -2.14. The third kappa shape index (κ3) is 3.93. The highest BCUT2D eigenvalue weighted by molar-refractivity contribution is 7.98. The van der Waals surface area contributed by atoms with Gasteiger partial charge in [0.25, 0.3) is 0 Å². The summed E-state index contributed by atoms with van der Waals surface area (Å²) in [7, 11) is 0. The summed E-state index contributed by atoms with van der Waals surface area (Å²) >= 11 is 1.53. The van der Waals surface area contributed by atoms with Crippen molar-refractivity contribution in [2.24, 2.45) is 0 Å². The van der Waals surface area contributed by atoms with Crippen molar-refractivity contribution >= 4 is 29.4 Å². The largest absolute Gasteiger partial charge is 0.321 e. The quantitative estimate of drug-likeness (QED) is 0.690. The first-order valence-corrected chi connectivity index (χ1v) is 7.15. The number of hydrogen-bond acceptors (Lipinski definition) is 3. The molecule has 0 aliphatic carbocycles. The lowest BCUT2D eigenvalue weighted by Gasteiger charge is -2.02. The zero-order valence-corrected chi connectivity index (χ0v) is 11.7. The molecule has 0 radical (unpaired) electrons. The van der Waals surface area contributed by atoms with Crippen LogP contribution in [0.25, 0.3) is 6.08 Å². The van der Waals surface area contributed by atoms with E-state index in [0.717, 1.165) is 5.03 Å². The van der Waals surface area contributed by atoms with Crippen molar-refractivity contribution in [3.05, 3.63) is 60.1 Å². The number of hydrogen-bond donors (Lipinski definition) is 1. The molecule has 1 aromatic heterocycles. The standard InChI is InChI=1S/C15H13FN2OS/c1-20-15-9-7-12(10-17-15)18-14(19)8-6-11-4-2-3-5-13(11)16/h2-10H,1H3,(H,18,19)/b8-6+. The number of nitrogens with zero attached hydrogens (tertiary/aromatic N) is 1. The molecule has 1 aromatic carbocycles. The smallest absolute Gasteiger partial charge is 0.248 e. The van der Waals surface area contributed by atoms with Crippen molar-refractivity contribution in [1.82, 2.24) is 4.98 Å². The topological polar surface area (TPSA) is 42.0 Å². The lowest BCUT2D eigenvalue weighted by Crippen LogP contribution is -2.07. The highest BCUT2D eigenvalue weighted by atomic mass is 32.2. The Morgan fingerprint density at radius 1 is 1.30 bits per heavy atom. The molecule has 1 N–H and O–H groups in total. The molecular weight excluding hydrogens is 275 g/mol. The Bertz CT molecular complexity index is 626. The molecule has 2 aromatic rings. The predicted octanol–water partition coefficient (Wildman–Crippen LogP) is 3.59. The van der Waals surface area contributed by atoms with E-state index in [1.165, 1.54) is 30.0 Å². The van der Waals surface area contributed by atoms with Crippen molar-refractivity contribution in [3.8, 4) is 0 Å². The molecule has 3 nitrogen and oxygen atoms in total. The fraction of sp³-hybridized carbons (Fsp3) is 0.0667. The molecular formula is C15H13FN2OS. The number of rotatable bonds is 4. The Labute approximate surface area is 120 Å². The van der Waals surface area contributed by atoms with Crippen LogP contribution in [0.1, 0.15) is 5.56 Å². The van der Waals surface area contributed by atoms with Crippen LogP contribution < -0.4 is 5.32 Å². The van der Waals surface area contributed by atoms with Crippen LogP contribution in [0.15, 0.2) is 53.7 Å². The van der Waals surface area contributed by atoms with Gasteiger partial charge in [-0.3, -0.25) is 4.79 Å². The van der Waals surface area contributed by atoms with E-state index >= 15 is 0 Å². The molecule has 0 atom stereocenters. The van der Waals surface area contributed by atoms with Gasteiger partial charge >= 0.3 is 0 Å². The molecule has 0 unspecified atom stereocenters. The van der Waals surface area contributed by atoms with E-state index in [1.54, 1.807) is 30.5 Å². The normalized spacial score (nSPS) is 10.7. The van der Waals surface area contributed by atoms with Crippen molar-refractivity contribution < 1.29 is 9.18 Å². The van der Waals surface area contributed by atoms with Gasteiger partial charge in [-0.05, 0) is 30.5 Å². The minimum atomic E-state index is -0.359. The second-order valence-corrected chi connectivity index (χ2v) is 4.76. The van der Waals surface area contributed by atoms with Gasteiger partial charge in [0.15, 0.2) is 0 Å². The number of anilines is 1. The van der Waals surface area contributed by atoms with E-state index in [0.29, 0.717) is 11.3 Å². The summed E-state index contributed by atoms with van der Waals surface area (Å²) in [4.78, 5) is 15.8. The summed E-state index contributed by atoms with van der Waals surface area (Å²) < 4.78 is 13.4. The van der Waals surface area contributed by atoms with E-state index in [4.69, 9.17) is 0 Å². The molecule has 0 fully saturated rings. The number of carbonyl (C=O) groups excluding carboxylic acids is 1. The molecule has 0 spiro atoms. The van der Waals surface area contributed by atoms with Crippen LogP contribution in [0, 0.1) is 5.82 Å².